The normalized spacial score (nSPS) is 12.2. The Labute approximate surface area is 192 Å². The predicted octanol–water partition coefficient (Wildman–Crippen LogP) is 6.62. The molecule has 8 heteroatoms. The van der Waals surface area contributed by atoms with E-state index in [1.807, 2.05) is 6.92 Å². The molecule has 4 rings (SSSR count). The minimum absolute atomic E-state index is 0.190. The van der Waals surface area contributed by atoms with Crippen LogP contribution in [0.5, 0.6) is 5.75 Å². The highest BCUT2D eigenvalue weighted by atomic mass is 35.5. The summed E-state index contributed by atoms with van der Waals surface area (Å²) in [6.07, 6.45) is -0.831. The first-order valence-corrected chi connectivity index (χ1v) is 10.5. The first kappa shape index (κ1) is 21.5. The molecule has 1 aromatic heterocycles. The molecule has 0 saturated carbocycles. The number of nitrogens with one attached hydrogen (secondary N) is 1. The van der Waals surface area contributed by atoms with Crippen molar-refractivity contribution in [1.82, 2.24) is 0 Å². The average molecular weight is 477 g/mol. The molecule has 0 spiro atoms. The molecule has 5 nitrogen and oxygen atoms in total. The molecule has 1 N–H and O–H groups in total. The average Bonchev–Trinajstić information content (AvgIpc) is 2.71. The van der Waals surface area contributed by atoms with Crippen molar-refractivity contribution in [3.8, 4) is 5.75 Å². The largest absolute Gasteiger partial charge is 0.479 e. The minimum atomic E-state index is -0.831. The number of benzene rings is 3. The van der Waals surface area contributed by atoms with Crippen LogP contribution in [-0.2, 0) is 4.79 Å². The van der Waals surface area contributed by atoms with Crippen LogP contribution in [0.4, 0.5) is 5.69 Å². The summed E-state index contributed by atoms with van der Waals surface area (Å²) in [5, 5.41) is 4.83. The molecule has 0 aliphatic carbocycles. The number of hydrogen-bond acceptors (Lipinski definition) is 4. The van der Waals surface area contributed by atoms with E-state index >= 15 is 0 Å². The van der Waals surface area contributed by atoms with E-state index in [1.54, 1.807) is 49.4 Å². The quantitative estimate of drug-likeness (QED) is 0.336. The number of carbonyl (C=O) groups excluding carboxylic acids is 1. The van der Waals surface area contributed by atoms with Crippen LogP contribution in [0.2, 0.25) is 15.1 Å². The summed E-state index contributed by atoms with van der Waals surface area (Å²) in [5.41, 5.74) is 1.85. The zero-order chi connectivity index (χ0) is 22.3. The molecule has 1 heterocycles. The van der Waals surface area contributed by atoms with Gasteiger partial charge in [0.15, 0.2) is 6.10 Å². The van der Waals surface area contributed by atoms with Crippen LogP contribution in [0.15, 0.2) is 57.7 Å². The number of rotatable bonds is 4. The van der Waals surface area contributed by atoms with Gasteiger partial charge in [0.05, 0.1) is 15.8 Å². The highest BCUT2D eigenvalue weighted by Crippen LogP contribution is 2.29. The van der Waals surface area contributed by atoms with E-state index in [9.17, 15) is 9.59 Å². The summed E-state index contributed by atoms with van der Waals surface area (Å²) in [7, 11) is 0. The highest BCUT2D eigenvalue weighted by Gasteiger charge is 2.17. The van der Waals surface area contributed by atoms with E-state index in [4.69, 9.17) is 44.0 Å². The van der Waals surface area contributed by atoms with E-state index in [2.05, 4.69) is 5.32 Å². The Bertz CT molecular complexity index is 1400. The number of amides is 1. The van der Waals surface area contributed by atoms with Gasteiger partial charge in [-0.05, 0) is 61.9 Å². The number of hydrogen-bond donors (Lipinski definition) is 1. The second-order valence-electron chi connectivity index (χ2n) is 7.06. The van der Waals surface area contributed by atoms with Crippen molar-refractivity contribution >= 4 is 68.3 Å². The van der Waals surface area contributed by atoms with E-state index < -0.39 is 12.0 Å². The summed E-state index contributed by atoms with van der Waals surface area (Å²) in [5.74, 6) is -0.0464. The maximum atomic E-state index is 12.8. The number of aryl methyl sites for hydroxylation is 1. The Hall–Kier alpha value is -2.73. The third kappa shape index (κ3) is 4.35. The van der Waals surface area contributed by atoms with Gasteiger partial charge in [-0.3, -0.25) is 9.59 Å². The van der Waals surface area contributed by atoms with Gasteiger partial charge in [0.25, 0.3) is 5.91 Å². The molecule has 0 bridgehead atoms. The van der Waals surface area contributed by atoms with Gasteiger partial charge in [-0.2, -0.15) is 0 Å². The Morgan fingerprint density at radius 1 is 0.968 bits per heavy atom. The van der Waals surface area contributed by atoms with Gasteiger partial charge in [-0.25, -0.2) is 0 Å². The zero-order valence-electron chi connectivity index (χ0n) is 16.5. The van der Waals surface area contributed by atoms with E-state index in [0.29, 0.717) is 48.4 Å². The summed E-state index contributed by atoms with van der Waals surface area (Å²) < 4.78 is 11.5. The Balaban J connectivity index is 1.60. The molecule has 3 aromatic carbocycles. The highest BCUT2D eigenvalue weighted by molar-refractivity contribution is 6.35. The lowest BCUT2D eigenvalue weighted by Crippen LogP contribution is -2.30. The molecule has 1 atom stereocenters. The van der Waals surface area contributed by atoms with E-state index in [0.717, 1.165) is 5.56 Å². The monoisotopic (exact) mass is 475 g/mol. The number of carbonyl (C=O) groups is 1. The van der Waals surface area contributed by atoms with Gasteiger partial charge in [0.1, 0.15) is 16.9 Å². The Kier molecular flexibility index (Phi) is 5.84. The van der Waals surface area contributed by atoms with Gasteiger partial charge in [0, 0.05) is 21.8 Å². The standard InChI is InChI=1S/C23H16Cl3NO4/c1-11-7-20-16(10-17(11)25)22(28)15-5-4-14(9-21(15)31-20)27-23(29)12(2)30-19-6-3-13(24)8-18(19)26/h3-10,12H,1-2H3,(H,27,29). The number of halogens is 3. The molecule has 158 valence electrons. The fourth-order valence-corrected chi connectivity index (χ4v) is 3.73. The zero-order valence-corrected chi connectivity index (χ0v) is 18.7. The number of anilines is 1. The Morgan fingerprint density at radius 2 is 1.71 bits per heavy atom. The fraction of sp³-hybridized carbons (Fsp3) is 0.130. The van der Waals surface area contributed by atoms with E-state index in [-0.39, 0.29) is 5.43 Å². The smallest absolute Gasteiger partial charge is 0.265 e. The van der Waals surface area contributed by atoms with Crippen LogP contribution in [0, 0.1) is 6.92 Å². The van der Waals surface area contributed by atoms with Crippen LogP contribution in [0.3, 0.4) is 0 Å². The lowest BCUT2D eigenvalue weighted by molar-refractivity contribution is -0.122. The molecule has 0 saturated heterocycles. The second-order valence-corrected chi connectivity index (χ2v) is 8.31. The molecular weight excluding hydrogens is 461 g/mol. The van der Waals surface area contributed by atoms with Crippen molar-refractivity contribution in [1.29, 1.82) is 0 Å². The van der Waals surface area contributed by atoms with E-state index in [1.165, 1.54) is 6.07 Å². The van der Waals surface area contributed by atoms with Crippen LogP contribution in [0.25, 0.3) is 21.9 Å². The van der Waals surface area contributed by atoms with Gasteiger partial charge < -0.3 is 14.5 Å². The molecule has 1 unspecified atom stereocenters. The molecule has 0 aliphatic heterocycles. The second kappa shape index (κ2) is 8.42. The molecule has 1 amide bonds. The minimum Gasteiger partial charge on any atom is -0.479 e. The number of fused-ring (bicyclic) bond motifs is 2. The van der Waals surface area contributed by atoms with Gasteiger partial charge in [0.2, 0.25) is 5.43 Å². The summed E-state index contributed by atoms with van der Waals surface area (Å²) in [6, 6.07) is 12.9. The SMILES string of the molecule is Cc1cc2oc3cc(NC(=O)C(C)Oc4ccc(Cl)cc4Cl)ccc3c(=O)c2cc1Cl. The third-order valence-electron chi connectivity index (χ3n) is 4.79. The Morgan fingerprint density at radius 3 is 2.45 bits per heavy atom. The topological polar surface area (TPSA) is 68.5 Å². The van der Waals surface area contributed by atoms with Gasteiger partial charge in [-0.15, -0.1) is 0 Å². The van der Waals surface area contributed by atoms with Crippen molar-refractivity contribution in [3.05, 3.63) is 79.4 Å². The van der Waals surface area contributed by atoms with Crippen LogP contribution in [-0.4, -0.2) is 12.0 Å². The van der Waals surface area contributed by atoms with Crippen molar-refractivity contribution in [2.75, 3.05) is 5.32 Å². The summed E-state index contributed by atoms with van der Waals surface area (Å²) in [4.78, 5) is 25.4. The molecule has 0 aliphatic rings. The molecule has 31 heavy (non-hydrogen) atoms. The third-order valence-corrected chi connectivity index (χ3v) is 5.72. The molecule has 0 radical (unpaired) electrons. The summed E-state index contributed by atoms with van der Waals surface area (Å²) >= 11 is 18.1. The maximum Gasteiger partial charge on any atom is 0.265 e. The van der Waals surface area contributed by atoms with Crippen molar-refractivity contribution in [2.24, 2.45) is 0 Å². The van der Waals surface area contributed by atoms with Crippen LogP contribution < -0.4 is 15.5 Å². The lowest BCUT2D eigenvalue weighted by Gasteiger charge is -2.16. The maximum absolute atomic E-state index is 12.8. The summed E-state index contributed by atoms with van der Waals surface area (Å²) in [6.45, 7) is 3.43. The van der Waals surface area contributed by atoms with Crippen LogP contribution >= 0.6 is 34.8 Å². The number of ether oxygens (including phenoxy) is 1. The first-order valence-electron chi connectivity index (χ1n) is 9.32. The molecule has 0 fully saturated rings. The van der Waals surface area contributed by atoms with Gasteiger partial charge >= 0.3 is 0 Å². The van der Waals surface area contributed by atoms with Crippen molar-refractivity contribution in [2.45, 2.75) is 20.0 Å². The fourth-order valence-electron chi connectivity index (χ4n) is 3.11. The van der Waals surface area contributed by atoms with Crippen molar-refractivity contribution < 1.29 is 13.9 Å². The molecular formula is C23H16Cl3NO4. The van der Waals surface area contributed by atoms with Crippen LogP contribution in [0.1, 0.15) is 12.5 Å². The predicted molar refractivity (Wildman–Crippen MR) is 125 cm³/mol. The van der Waals surface area contributed by atoms with Crippen molar-refractivity contribution in [3.63, 3.8) is 0 Å². The van der Waals surface area contributed by atoms with Gasteiger partial charge in [-0.1, -0.05) is 34.8 Å². The first-order chi connectivity index (χ1) is 14.7. The lowest BCUT2D eigenvalue weighted by atomic mass is 10.1. The molecule has 4 aromatic rings.